The van der Waals surface area contributed by atoms with Gasteiger partial charge in [-0.1, -0.05) is 11.6 Å². The monoisotopic (exact) mass is 227 g/mol. The highest BCUT2D eigenvalue weighted by atomic mass is 16.6. The number of esters is 1. The molecule has 0 saturated heterocycles. The van der Waals surface area contributed by atoms with E-state index in [0.717, 1.165) is 11.1 Å². The first-order valence-electron chi connectivity index (χ1n) is 4.98. The molecule has 0 aromatic heterocycles. The first-order valence-corrected chi connectivity index (χ1v) is 4.98. The highest BCUT2D eigenvalue weighted by Gasteiger charge is 1.99. The van der Waals surface area contributed by atoms with E-state index in [0.29, 0.717) is 12.8 Å². The van der Waals surface area contributed by atoms with Crippen LogP contribution in [-0.2, 0) is 9.53 Å². The molecule has 0 spiro atoms. The summed E-state index contributed by atoms with van der Waals surface area (Å²) in [6.45, 7) is 3.43. The van der Waals surface area contributed by atoms with Gasteiger partial charge >= 0.3 is 5.97 Å². The molecule has 0 aliphatic rings. The molecule has 0 amide bonds. The van der Waals surface area contributed by atoms with Crippen LogP contribution in [0.25, 0.3) is 0 Å². The van der Waals surface area contributed by atoms with E-state index in [1.165, 1.54) is 13.2 Å². The van der Waals surface area contributed by atoms with Crippen molar-refractivity contribution in [2.45, 2.75) is 26.7 Å². The van der Waals surface area contributed by atoms with E-state index in [-0.39, 0.29) is 17.4 Å². The first-order chi connectivity index (χ1) is 7.45. The molecule has 0 aromatic rings. The van der Waals surface area contributed by atoms with Crippen LogP contribution in [0.4, 0.5) is 0 Å². The lowest BCUT2D eigenvalue weighted by Crippen LogP contribution is -2.01. The molecule has 16 heavy (non-hydrogen) atoms. The van der Waals surface area contributed by atoms with Crippen molar-refractivity contribution in [2.75, 3.05) is 13.7 Å². The Hall–Kier alpha value is -1.65. The van der Waals surface area contributed by atoms with Gasteiger partial charge in [-0.05, 0) is 32.3 Å². The Balaban J connectivity index is 4.02. The number of ether oxygens (including phenoxy) is 1. The number of hydrogen-bond acceptors (Lipinski definition) is 4. The number of nitrogens with zero attached hydrogens (tertiary/aromatic N) is 1. The second-order valence-electron chi connectivity index (χ2n) is 3.59. The minimum Gasteiger partial charge on any atom is -0.466 e. The number of hydrogen-bond donors (Lipinski definition) is 0. The van der Waals surface area contributed by atoms with Gasteiger partial charge in [-0.2, -0.15) is 0 Å². The van der Waals surface area contributed by atoms with Crippen LogP contribution >= 0.6 is 0 Å². The topological polar surface area (TPSA) is 69.4 Å². The van der Waals surface area contributed by atoms with Crippen LogP contribution in [0.5, 0.6) is 0 Å². The lowest BCUT2D eigenvalue weighted by Gasteiger charge is -1.98. The molecule has 5 nitrogen and oxygen atoms in total. The van der Waals surface area contributed by atoms with E-state index in [1.807, 2.05) is 13.0 Å². The van der Waals surface area contributed by atoms with Gasteiger partial charge in [0.1, 0.15) is 0 Å². The molecule has 0 fully saturated rings. The zero-order valence-corrected chi connectivity index (χ0v) is 9.86. The predicted molar refractivity (Wildman–Crippen MR) is 60.6 cm³/mol. The minimum atomic E-state index is -0.372. The van der Waals surface area contributed by atoms with Crippen LogP contribution < -0.4 is 0 Å². The molecule has 0 rings (SSSR count). The Morgan fingerprint density at radius 3 is 2.50 bits per heavy atom. The Kier molecular flexibility index (Phi) is 6.83. The number of allylic oxidation sites excluding steroid dienone is 2. The average molecular weight is 227 g/mol. The summed E-state index contributed by atoms with van der Waals surface area (Å²) in [5.41, 5.74) is 1.63. The molecule has 0 aliphatic heterocycles. The van der Waals surface area contributed by atoms with Crippen LogP contribution in [-0.4, -0.2) is 24.5 Å². The molecule has 0 radical (unpaired) electrons. The van der Waals surface area contributed by atoms with Crippen molar-refractivity contribution >= 4 is 5.97 Å². The van der Waals surface area contributed by atoms with Crippen molar-refractivity contribution in [3.8, 4) is 0 Å². The number of nitro groups is 1. The van der Waals surface area contributed by atoms with E-state index in [9.17, 15) is 14.9 Å². The van der Waals surface area contributed by atoms with Gasteiger partial charge in [-0.15, -0.1) is 0 Å². The number of rotatable bonds is 6. The molecule has 0 saturated carbocycles. The second-order valence-corrected chi connectivity index (χ2v) is 3.59. The molecule has 0 N–H and O–H groups in total. The maximum absolute atomic E-state index is 10.9. The van der Waals surface area contributed by atoms with Crippen LogP contribution in [0.1, 0.15) is 26.7 Å². The van der Waals surface area contributed by atoms with Crippen LogP contribution in [0, 0.1) is 10.1 Å². The Morgan fingerprint density at radius 2 is 2.00 bits per heavy atom. The average Bonchev–Trinajstić information content (AvgIpc) is 2.16. The lowest BCUT2D eigenvalue weighted by atomic mass is 10.1. The highest BCUT2D eigenvalue weighted by Crippen LogP contribution is 2.07. The molecule has 0 bridgehead atoms. The van der Waals surface area contributed by atoms with Crippen molar-refractivity contribution in [2.24, 2.45) is 0 Å². The van der Waals surface area contributed by atoms with E-state index in [2.05, 4.69) is 4.74 Å². The quantitative estimate of drug-likeness (QED) is 0.229. The minimum absolute atomic E-state index is 0.125. The smallest absolute Gasteiger partial charge is 0.330 e. The highest BCUT2D eigenvalue weighted by molar-refractivity contribution is 5.82. The third-order valence-electron chi connectivity index (χ3n) is 1.98. The summed E-state index contributed by atoms with van der Waals surface area (Å²) < 4.78 is 4.48. The summed E-state index contributed by atoms with van der Waals surface area (Å²) in [5, 5.41) is 10.2. The maximum atomic E-state index is 10.9. The zero-order valence-electron chi connectivity index (χ0n) is 9.86. The molecule has 0 heterocycles. The van der Waals surface area contributed by atoms with Gasteiger partial charge in [0, 0.05) is 11.0 Å². The van der Waals surface area contributed by atoms with Crippen molar-refractivity contribution in [1.29, 1.82) is 0 Å². The lowest BCUT2D eigenvalue weighted by molar-refractivity contribution is -0.470. The van der Waals surface area contributed by atoms with Gasteiger partial charge in [0.05, 0.1) is 7.11 Å². The largest absolute Gasteiger partial charge is 0.466 e. The van der Waals surface area contributed by atoms with Crippen molar-refractivity contribution in [1.82, 2.24) is 0 Å². The SMILES string of the molecule is COC(=O)/C=C(\C)CC/C=C(\C)C[N+](=O)[O-]. The zero-order chi connectivity index (χ0) is 12.6. The van der Waals surface area contributed by atoms with Gasteiger partial charge < -0.3 is 4.74 Å². The molecule has 0 aliphatic carbocycles. The predicted octanol–water partition coefficient (Wildman–Crippen LogP) is 2.11. The third-order valence-corrected chi connectivity index (χ3v) is 1.98. The maximum Gasteiger partial charge on any atom is 0.330 e. The molecular formula is C11H17NO4. The summed E-state index contributed by atoms with van der Waals surface area (Å²) in [6, 6.07) is 0. The van der Waals surface area contributed by atoms with Crippen LogP contribution in [0.3, 0.4) is 0 Å². The van der Waals surface area contributed by atoms with Crippen molar-refractivity contribution in [3.05, 3.63) is 33.4 Å². The molecule has 5 heteroatoms. The van der Waals surface area contributed by atoms with Gasteiger partial charge in [-0.25, -0.2) is 4.79 Å². The van der Waals surface area contributed by atoms with E-state index >= 15 is 0 Å². The summed E-state index contributed by atoms with van der Waals surface area (Å²) in [7, 11) is 1.33. The fourth-order valence-electron chi connectivity index (χ4n) is 1.15. The number of carbonyl (C=O) groups excluding carboxylic acids is 1. The Labute approximate surface area is 94.9 Å². The Bertz CT molecular complexity index is 318. The van der Waals surface area contributed by atoms with Gasteiger partial charge in [0.2, 0.25) is 6.54 Å². The molecule has 0 aromatic carbocycles. The summed E-state index contributed by atoms with van der Waals surface area (Å²) in [6.07, 6.45) is 4.64. The normalized spacial score (nSPS) is 12.4. The fraction of sp³-hybridized carbons (Fsp3) is 0.545. The molecule has 0 atom stereocenters. The van der Waals surface area contributed by atoms with Gasteiger partial charge in [0.25, 0.3) is 0 Å². The van der Waals surface area contributed by atoms with Crippen molar-refractivity contribution < 1.29 is 14.5 Å². The van der Waals surface area contributed by atoms with E-state index < -0.39 is 0 Å². The first kappa shape index (κ1) is 14.3. The van der Waals surface area contributed by atoms with Gasteiger partial charge in [0.15, 0.2) is 0 Å². The summed E-state index contributed by atoms with van der Waals surface area (Å²) in [5.74, 6) is -0.372. The van der Waals surface area contributed by atoms with E-state index in [1.54, 1.807) is 6.92 Å². The molecule has 0 unspecified atom stereocenters. The Morgan fingerprint density at radius 1 is 1.38 bits per heavy atom. The number of carbonyl (C=O) groups is 1. The summed E-state index contributed by atoms with van der Waals surface area (Å²) >= 11 is 0. The molecule has 90 valence electrons. The van der Waals surface area contributed by atoms with Crippen LogP contribution in [0.15, 0.2) is 23.3 Å². The van der Waals surface area contributed by atoms with Gasteiger partial charge in [-0.3, -0.25) is 10.1 Å². The second kappa shape index (κ2) is 7.62. The van der Waals surface area contributed by atoms with E-state index in [4.69, 9.17) is 0 Å². The van der Waals surface area contributed by atoms with Crippen molar-refractivity contribution in [3.63, 3.8) is 0 Å². The standard InChI is InChI=1S/C11H17NO4/c1-9(7-11(13)16-3)5-4-6-10(2)8-12(14)15/h6-7H,4-5,8H2,1-3H3/b9-7+,10-6+. The van der Waals surface area contributed by atoms with Crippen LogP contribution in [0.2, 0.25) is 0 Å². The molecular weight excluding hydrogens is 210 g/mol. The summed E-state index contributed by atoms with van der Waals surface area (Å²) in [4.78, 5) is 20.7. The fourth-order valence-corrected chi connectivity index (χ4v) is 1.15. The third kappa shape index (κ3) is 7.73. The number of methoxy groups -OCH3 is 1.